The summed E-state index contributed by atoms with van der Waals surface area (Å²) in [6.45, 7) is 0.627. The summed E-state index contributed by atoms with van der Waals surface area (Å²) in [4.78, 5) is 0. The summed E-state index contributed by atoms with van der Waals surface area (Å²) in [5.41, 5.74) is 9.68. The van der Waals surface area contributed by atoms with E-state index < -0.39 is 0 Å². The Bertz CT molecular complexity index is 627. The van der Waals surface area contributed by atoms with Crippen LogP contribution in [0.5, 0.6) is 5.75 Å². The van der Waals surface area contributed by atoms with E-state index in [0.717, 1.165) is 33.3 Å². The zero-order valence-corrected chi connectivity index (χ0v) is 13.5. The van der Waals surface area contributed by atoms with Crippen molar-refractivity contribution in [3.05, 3.63) is 63.6 Å². The van der Waals surface area contributed by atoms with E-state index >= 15 is 0 Å². The van der Waals surface area contributed by atoms with Gasteiger partial charge in [-0.15, -0.1) is 0 Å². The molecule has 0 aromatic heterocycles. The number of benzene rings is 2. The van der Waals surface area contributed by atoms with Crippen LogP contribution in [-0.4, -0.2) is 7.11 Å². The van der Waals surface area contributed by atoms with Gasteiger partial charge in [-0.05, 0) is 29.3 Å². The molecule has 0 bridgehead atoms. The van der Waals surface area contributed by atoms with Gasteiger partial charge in [-0.25, -0.2) is 0 Å². The molecule has 3 rings (SSSR count). The van der Waals surface area contributed by atoms with Gasteiger partial charge in [0.05, 0.1) is 6.61 Å². The standard InChI is InChI=1S/C17H18BrNO2/c1-20-10-11-2-4-12(5-3-11)17-9-15(19)14-8-13(18)6-7-16(14)21-17/h2-8,15,17H,9-10,19H2,1H3. The fourth-order valence-corrected chi connectivity index (χ4v) is 3.05. The molecule has 2 atom stereocenters. The normalized spacial score (nSPS) is 20.7. The van der Waals surface area contributed by atoms with E-state index in [2.05, 4.69) is 40.2 Å². The van der Waals surface area contributed by atoms with Crippen LogP contribution in [0.15, 0.2) is 46.9 Å². The van der Waals surface area contributed by atoms with E-state index in [0.29, 0.717) is 6.61 Å². The summed E-state index contributed by atoms with van der Waals surface area (Å²) >= 11 is 3.48. The molecule has 2 aromatic rings. The van der Waals surface area contributed by atoms with Crippen molar-refractivity contribution in [1.29, 1.82) is 0 Å². The average Bonchev–Trinajstić information content (AvgIpc) is 2.49. The summed E-state index contributed by atoms with van der Waals surface area (Å²) in [5.74, 6) is 0.878. The minimum atomic E-state index is -0.00472. The molecular formula is C17H18BrNO2. The van der Waals surface area contributed by atoms with Crippen LogP contribution in [0, 0.1) is 0 Å². The molecule has 3 nitrogen and oxygen atoms in total. The van der Waals surface area contributed by atoms with Crippen molar-refractivity contribution in [2.24, 2.45) is 5.73 Å². The Morgan fingerprint density at radius 3 is 2.71 bits per heavy atom. The van der Waals surface area contributed by atoms with E-state index in [1.807, 2.05) is 18.2 Å². The molecule has 1 aliphatic heterocycles. The van der Waals surface area contributed by atoms with Gasteiger partial charge in [0, 0.05) is 29.6 Å². The number of hydrogen-bond acceptors (Lipinski definition) is 3. The van der Waals surface area contributed by atoms with Crippen LogP contribution in [0.25, 0.3) is 0 Å². The van der Waals surface area contributed by atoms with Crippen molar-refractivity contribution in [1.82, 2.24) is 0 Å². The van der Waals surface area contributed by atoms with Crippen LogP contribution >= 0.6 is 15.9 Å². The fourth-order valence-electron chi connectivity index (χ4n) is 2.67. The van der Waals surface area contributed by atoms with Gasteiger partial charge in [-0.3, -0.25) is 0 Å². The van der Waals surface area contributed by atoms with Crippen LogP contribution in [0.4, 0.5) is 0 Å². The van der Waals surface area contributed by atoms with Crippen molar-refractivity contribution in [2.75, 3.05) is 7.11 Å². The molecule has 110 valence electrons. The smallest absolute Gasteiger partial charge is 0.126 e. The van der Waals surface area contributed by atoms with E-state index in [9.17, 15) is 0 Å². The largest absolute Gasteiger partial charge is 0.485 e. The minimum Gasteiger partial charge on any atom is -0.485 e. The number of halogens is 1. The third-order valence-corrected chi connectivity index (χ3v) is 4.26. The summed E-state index contributed by atoms with van der Waals surface area (Å²) in [5, 5.41) is 0. The van der Waals surface area contributed by atoms with Gasteiger partial charge >= 0.3 is 0 Å². The molecule has 2 aromatic carbocycles. The zero-order chi connectivity index (χ0) is 14.8. The Kier molecular flexibility index (Phi) is 4.29. The van der Waals surface area contributed by atoms with Crippen molar-refractivity contribution < 1.29 is 9.47 Å². The SMILES string of the molecule is COCc1ccc(C2CC(N)c3cc(Br)ccc3O2)cc1. The molecule has 0 saturated carbocycles. The van der Waals surface area contributed by atoms with Gasteiger partial charge in [0.1, 0.15) is 11.9 Å². The predicted molar refractivity (Wildman–Crippen MR) is 86.2 cm³/mol. The second-order valence-electron chi connectivity index (χ2n) is 5.31. The first-order valence-electron chi connectivity index (χ1n) is 6.97. The summed E-state index contributed by atoms with van der Waals surface area (Å²) in [6, 6.07) is 14.3. The molecule has 2 N–H and O–H groups in total. The van der Waals surface area contributed by atoms with E-state index in [4.69, 9.17) is 15.2 Å². The Balaban J connectivity index is 1.83. The van der Waals surface area contributed by atoms with Gasteiger partial charge in [0.2, 0.25) is 0 Å². The Morgan fingerprint density at radius 2 is 2.00 bits per heavy atom. The first-order chi connectivity index (χ1) is 10.2. The summed E-state index contributed by atoms with van der Waals surface area (Å²) in [6.07, 6.45) is 0.790. The second kappa shape index (κ2) is 6.18. The van der Waals surface area contributed by atoms with Crippen LogP contribution in [-0.2, 0) is 11.3 Å². The first-order valence-corrected chi connectivity index (χ1v) is 7.76. The Hall–Kier alpha value is -1.36. The molecule has 0 spiro atoms. The minimum absolute atomic E-state index is 0.00472. The predicted octanol–water partition coefficient (Wildman–Crippen LogP) is 4.12. The highest BCUT2D eigenvalue weighted by Crippen LogP contribution is 2.40. The van der Waals surface area contributed by atoms with E-state index in [1.54, 1.807) is 7.11 Å². The number of nitrogens with two attached hydrogens (primary N) is 1. The highest BCUT2D eigenvalue weighted by Gasteiger charge is 2.27. The molecular weight excluding hydrogens is 330 g/mol. The van der Waals surface area contributed by atoms with Gasteiger partial charge in [-0.2, -0.15) is 0 Å². The molecule has 0 radical (unpaired) electrons. The summed E-state index contributed by atoms with van der Waals surface area (Å²) < 4.78 is 12.3. The zero-order valence-electron chi connectivity index (χ0n) is 11.9. The number of methoxy groups -OCH3 is 1. The molecule has 21 heavy (non-hydrogen) atoms. The quantitative estimate of drug-likeness (QED) is 0.908. The molecule has 1 aliphatic rings. The Labute approximate surface area is 133 Å². The van der Waals surface area contributed by atoms with Crippen molar-refractivity contribution in [2.45, 2.75) is 25.2 Å². The van der Waals surface area contributed by atoms with Crippen LogP contribution < -0.4 is 10.5 Å². The summed E-state index contributed by atoms with van der Waals surface area (Å²) in [7, 11) is 1.70. The molecule has 0 fully saturated rings. The number of ether oxygens (including phenoxy) is 2. The molecule has 1 heterocycles. The molecule has 0 amide bonds. The van der Waals surface area contributed by atoms with Gasteiger partial charge < -0.3 is 15.2 Å². The molecule has 0 aliphatic carbocycles. The monoisotopic (exact) mass is 347 g/mol. The van der Waals surface area contributed by atoms with Crippen LogP contribution in [0.2, 0.25) is 0 Å². The van der Waals surface area contributed by atoms with Crippen molar-refractivity contribution in [3.8, 4) is 5.75 Å². The molecule has 0 saturated heterocycles. The van der Waals surface area contributed by atoms with Gasteiger partial charge in [0.15, 0.2) is 0 Å². The van der Waals surface area contributed by atoms with Crippen molar-refractivity contribution in [3.63, 3.8) is 0 Å². The topological polar surface area (TPSA) is 44.5 Å². The van der Waals surface area contributed by atoms with E-state index in [1.165, 1.54) is 0 Å². The lowest BCUT2D eigenvalue weighted by Gasteiger charge is -2.30. The lowest BCUT2D eigenvalue weighted by molar-refractivity contribution is 0.161. The van der Waals surface area contributed by atoms with Gasteiger partial charge in [0.25, 0.3) is 0 Å². The van der Waals surface area contributed by atoms with Crippen molar-refractivity contribution >= 4 is 15.9 Å². The number of fused-ring (bicyclic) bond motifs is 1. The highest BCUT2D eigenvalue weighted by molar-refractivity contribution is 9.10. The third kappa shape index (κ3) is 3.12. The average molecular weight is 348 g/mol. The highest BCUT2D eigenvalue weighted by atomic mass is 79.9. The lowest BCUT2D eigenvalue weighted by Crippen LogP contribution is -2.24. The van der Waals surface area contributed by atoms with Crippen LogP contribution in [0.1, 0.15) is 35.3 Å². The van der Waals surface area contributed by atoms with Gasteiger partial charge in [-0.1, -0.05) is 40.2 Å². The van der Waals surface area contributed by atoms with Crippen LogP contribution in [0.3, 0.4) is 0 Å². The fraction of sp³-hybridized carbons (Fsp3) is 0.294. The lowest BCUT2D eigenvalue weighted by atomic mass is 9.93. The maximum absolute atomic E-state index is 6.30. The van der Waals surface area contributed by atoms with E-state index in [-0.39, 0.29) is 12.1 Å². The maximum Gasteiger partial charge on any atom is 0.126 e. The number of rotatable bonds is 3. The third-order valence-electron chi connectivity index (χ3n) is 3.77. The number of hydrogen-bond donors (Lipinski definition) is 1. The molecule has 2 unspecified atom stereocenters. The maximum atomic E-state index is 6.30. The first kappa shape index (κ1) is 14.6. The second-order valence-corrected chi connectivity index (χ2v) is 6.22. The Morgan fingerprint density at radius 1 is 1.24 bits per heavy atom. The molecule has 4 heteroatoms.